The quantitative estimate of drug-likeness (QED) is 0.892. The number of hydrogen-bond donors (Lipinski definition) is 2. The van der Waals surface area contributed by atoms with Crippen LogP contribution in [0.1, 0.15) is 41.3 Å². The molecule has 2 bridgehead atoms. The molecule has 0 saturated heterocycles. The summed E-state index contributed by atoms with van der Waals surface area (Å²) in [5, 5.41) is 17.2. The van der Waals surface area contributed by atoms with Crippen LogP contribution >= 0.6 is 0 Å². The highest BCUT2D eigenvalue weighted by atomic mass is 16.3. The lowest BCUT2D eigenvalue weighted by Crippen LogP contribution is -2.45. The van der Waals surface area contributed by atoms with Gasteiger partial charge in [-0.25, -0.2) is 9.67 Å². The number of aliphatic hydroxyl groups is 1. The van der Waals surface area contributed by atoms with E-state index in [0.717, 1.165) is 30.2 Å². The molecule has 132 valence electrons. The number of fused-ring (bicyclic) bond motifs is 2. The number of amides is 1. The highest BCUT2D eigenvalue weighted by Gasteiger charge is 2.47. The van der Waals surface area contributed by atoms with Gasteiger partial charge in [-0.2, -0.15) is 5.10 Å². The summed E-state index contributed by atoms with van der Waals surface area (Å²) < 4.78 is 1.77. The zero-order valence-electron chi connectivity index (χ0n) is 14.6. The van der Waals surface area contributed by atoms with E-state index in [1.165, 1.54) is 6.42 Å². The van der Waals surface area contributed by atoms with Crippen LogP contribution in [0.3, 0.4) is 0 Å². The van der Waals surface area contributed by atoms with Crippen LogP contribution in [0.4, 0.5) is 0 Å². The van der Waals surface area contributed by atoms with Crippen molar-refractivity contribution in [1.29, 1.82) is 0 Å². The first-order chi connectivity index (χ1) is 12.1. The summed E-state index contributed by atoms with van der Waals surface area (Å²) in [4.78, 5) is 16.9. The minimum Gasteiger partial charge on any atom is -0.396 e. The van der Waals surface area contributed by atoms with Gasteiger partial charge in [0.1, 0.15) is 11.6 Å². The average molecular weight is 340 g/mol. The van der Waals surface area contributed by atoms with Crippen molar-refractivity contribution in [2.75, 3.05) is 6.61 Å². The van der Waals surface area contributed by atoms with Crippen LogP contribution in [0, 0.1) is 31.6 Å². The van der Waals surface area contributed by atoms with Gasteiger partial charge in [-0.15, -0.1) is 0 Å². The summed E-state index contributed by atoms with van der Waals surface area (Å²) in [7, 11) is 0. The first kappa shape index (κ1) is 16.3. The van der Waals surface area contributed by atoms with Crippen LogP contribution in [0.25, 0.3) is 5.69 Å². The molecule has 2 saturated carbocycles. The Bertz CT molecular complexity index is 783. The van der Waals surface area contributed by atoms with E-state index in [1.807, 2.05) is 38.1 Å². The van der Waals surface area contributed by atoms with Crippen molar-refractivity contribution < 1.29 is 9.90 Å². The first-order valence-corrected chi connectivity index (χ1v) is 8.99. The van der Waals surface area contributed by atoms with Crippen molar-refractivity contribution in [2.24, 2.45) is 17.8 Å². The van der Waals surface area contributed by atoms with Crippen molar-refractivity contribution in [3.05, 3.63) is 41.5 Å². The highest BCUT2D eigenvalue weighted by Crippen LogP contribution is 2.48. The summed E-state index contributed by atoms with van der Waals surface area (Å²) in [6.45, 7) is 3.93. The van der Waals surface area contributed by atoms with Gasteiger partial charge in [0.25, 0.3) is 5.91 Å². The highest BCUT2D eigenvalue weighted by molar-refractivity contribution is 5.94. The standard InChI is InChI=1S/C19H24N4O2/c1-11-20-12(2)23(22-11)16-7-5-13(6-8-16)19(25)21-18-15-4-3-14(9-15)17(18)10-24/h5-8,14-15,17-18,24H,3-4,9-10H2,1-2H3,(H,21,25). The normalized spacial score (nSPS) is 27.6. The smallest absolute Gasteiger partial charge is 0.251 e. The van der Waals surface area contributed by atoms with Crippen LogP contribution < -0.4 is 5.32 Å². The lowest BCUT2D eigenvalue weighted by Gasteiger charge is -2.30. The maximum atomic E-state index is 12.6. The van der Waals surface area contributed by atoms with Crippen LogP contribution in [-0.4, -0.2) is 38.4 Å². The molecule has 0 aliphatic heterocycles. The number of nitrogens with one attached hydrogen (secondary N) is 1. The molecule has 0 spiro atoms. The molecule has 0 radical (unpaired) electrons. The predicted molar refractivity (Wildman–Crippen MR) is 93.5 cm³/mol. The maximum absolute atomic E-state index is 12.6. The molecule has 1 aromatic heterocycles. The van der Waals surface area contributed by atoms with Gasteiger partial charge in [-0.1, -0.05) is 0 Å². The van der Waals surface area contributed by atoms with E-state index < -0.39 is 0 Å². The van der Waals surface area contributed by atoms with Crippen molar-refractivity contribution in [3.63, 3.8) is 0 Å². The SMILES string of the molecule is Cc1nc(C)n(-c2ccc(C(=O)NC3C4CCC(C4)C3CO)cc2)n1. The lowest BCUT2D eigenvalue weighted by molar-refractivity contribution is 0.0861. The number of carbonyl (C=O) groups is 1. The number of hydrogen-bond acceptors (Lipinski definition) is 4. The van der Waals surface area contributed by atoms with E-state index in [-0.39, 0.29) is 24.5 Å². The number of carbonyl (C=O) groups excluding carboxylic acids is 1. The fourth-order valence-electron chi connectivity index (χ4n) is 4.65. The van der Waals surface area contributed by atoms with Crippen LogP contribution in [0.5, 0.6) is 0 Å². The third-order valence-electron chi connectivity index (χ3n) is 5.85. The second-order valence-electron chi connectivity index (χ2n) is 7.34. The van der Waals surface area contributed by atoms with Crippen LogP contribution in [-0.2, 0) is 0 Å². The predicted octanol–water partition coefficient (Wildman–Crippen LogP) is 2.02. The number of aryl methyl sites for hydroxylation is 2. The summed E-state index contributed by atoms with van der Waals surface area (Å²) in [6.07, 6.45) is 3.49. The van der Waals surface area contributed by atoms with Crippen LogP contribution in [0.2, 0.25) is 0 Å². The van der Waals surface area contributed by atoms with Crippen LogP contribution in [0.15, 0.2) is 24.3 Å². The Labute approximate surface area is 147 Å². The van der Waals surface area contributed by atoms with E-state index in [4.69, 9.17) is 0 Å². The molecule has 6 nitrogen and oxygen atoms in total. The zero-order valence-corrected chi connectivity index (χ0v) is 14.6. The minimum atomic E-state index is -0.0611. The first-order valence-electron chi connectivity index (χ1n) is 8.99. The molecular formula is C19H24N4O2. The zero-order chi connectivity index (χ0) is 17.6. The number of nitrogens with zero attached hydrogens (tertiary/aromatic N) is 3. The lowest BCUT2D eigenvalue weighted by atomic mass is 9.85. The summed E-state index contributed by atoms with van der Waals surface area (Å²) in [5.74, 6) is 2.79. The van der Waals surface area contributed by atoms with Crippen molar-refractivity contribution in [1.82, 2.24) is 20.1 Å². The molecule has 6 heteroatoms. The fraction of sp³-hybridized carbons (Fsp3) is 0.526. The summed E-state index contributed by atoms with van der Waals surface area (Å²) >= 11 is 0. The number of aromatic nitrogens is 3. The Morgan fingerprint density at radius 3 is 2.60 bits per heavy atom. The molecule has 4 rings (SSSR count). The molecule has 2 fully saturated rings. The van der Waals surface area contributed by atoms with E-state index in [9.17, 15) is 9.90 Å². The Balaban J connectivity index is 1.48. The molecule has 2 N–H and O–H groups in total. The van der Waals surface area contributed by atoms with Crippen molar-refractivity contribution in [3.8, 4) is 5.69 Å². The number of rotatable bonds is 4. The fourth-order valence-corrected chi connectivity index (χ4v) is 4.65. The Hall–Kier alpha value is -2.21. The third-order valence-corrected chi connectivity index (χ3v) is 5.85. The molecule has 25 heavy (non-hydrogen) atoms. The van der Waals surface area contributed by atoms with Gasteiger partial charge in [-0.3, -0.25) is 4.79 Å². The molecular weight excluding hydrogens is 316 g/mol. The second kappa shape index (κ2) is 6.26. The van der Waals surface area contributed by atoms with Crippen molar-refractivity contribution in [2.45, 2.75) is 39.2 Å². The maximum Gasteiger partial charge on any atom is 0.251 e. The molecule has 2 aliphatic rings. The molecule has 2 aromatic rings. The van der Waals surface area contributed by atoms with Gasteiger partial charge in [0, 0.05) is 24.1 Å². The molecule has 1 aromatic carbocycles. The van der Waals surface area contributed by atoms with Gasteiger partial charge in [0.2, 0.25) is 0 Å². The summed E-state index contributed by atoms with van der Waals surface area (Å²) in [5.41, 5.74) is 1.53. The topological polar surface area (TPSA) is 80.0 Å². The Morgan fingerprint density at radius 2 is 1.96 bits per heavy atom. The Kier molecular flexibility index (Phi) is 4.07. The molecule has 1 amide bonds. The molecule has 2 aliphatic carbocycles. The van der Waals surface area contributed by atoms with Gasteiger partial charge >= 0.3 is 0 Å². The van der Waals surface area contributed by atoms with Crippen molar-refractivity contribution >= 4 is 5.91 Å². The monoisotopic (exact) mass is 340 g/mol. The van der Waals surface area contributed by atoms with E-state index >= 15 is 0 Å². The molecule has 1 heterocycles. The van der Waals surface area contributed by atoms with E-state index in [0.29, 0.717) is 17.4 Å². The molecule has 4 atom stereocenters. The average Bonchev–Trinajstić information content (AvgIpc) is 3.29. The summed E-state index contributed by atoms with van der Waals surface area (Å²) in [6, 6.07) is 7.53. The number of aliphatic hydroxyl groups excluding tert-OH is 1. The van der Waals surface area contributed by atoms with Gasteiger partial charge in [0.05, 0.1) is 5.69 Å². The second-order valence-corrected chi connectivity index (χ2v) is 7.34. The molecule has 4 unspecified atom stereocenters. The van der Waals surface area contributed by atoms with E-state index in [2.05, 4.69) is 15.4 Å². The third kappa shape index (κ3) is 2.84. The largest absolute Gasteiger partial charge is 0.396 e. The van der Waals surface area contributed by atoms with E-state index in [1.54, 1.807) is 4.68 Å². The Morgan fingerprint density at radius 1 is 1.24 bits per heavy atom. The van der Waals surface area contributed by atoms with Gasteiger partial charge in [-0.05, 0) is 69.2 Å². The van der Waals surface area contributed by atoms with Gasteiger partial charge in [0.15, 0.2) is 0 Å². The van der Waals surface area contributed by atoms with Gasteiger partial charge < -0.3 is 10.4 Å². The minimum absolute atomic E-state index is 0.0611. The number of benzene rings is 1.